The number of aliphatic carboxylic acids is 1. The molecule has 2 atom stereocenters. The molecule has 1 N–H and O–H groups in total. The Balaban J connectivity index is 4.74. The smallest absolute Gasteiger partial charge is 0.332 e. The van der Waals surface area contributed by atoms with Crippen LogP contribution in [0.1, 0.15) is 53.4 Å². The number of ether oxygens (including phenoxy) is 1. The van der Waals surface area contributed by atoms with Crippen molar-refractivity contribution in [3.63, 3.8) is 0 Å². The van der Waals surface area contributed by atoms with Crippen LogP contribution in [0, 0.1) is 11.8 Å². The average Bonchev–Trinajstić information content (AvgIpc) is 2.39. The summed E-state index contributed by atoms with van der Waals surface area (Å²) in [6.07, 6.45) is 2.51. The van der Waals surface area contributed by atoms with Gasteiger partial charge in [-0.25, -0.2) is 9.59 Å². The highest BCUT2D eigenvalue weighted by Gasteiger charge is 2.22. The number of hydrogen-bond donors (Lipinski definition) is 1. The molecular formula is C15H28N2O4. The molecule has 21 heavy (non-hydrogen) atoms. The van der Waals surface area contributed by atoms with Crippen LogP contribution in [0.3, 0.4) is 0 Å². The average molecular weight is 300 g/mol. The molecule has 0 aliphatic heterocycles. The van der Waals surface area contributed by atoms with Crippen molar-refractivity contribution in [2.75, 3.05) is 7.11 Å². The van der Waals surface area contributed by atoms with Gasteiger partial charge in [-0.2, -0.15) is 10.2 Å². The molecule has 0 saturated heterocycles. The van der Waals surface area contributed by atoms with Gasteiger partial charge in [0.25, 0.3) is 0 Å². The zero-order valence-electron chi connectivity index (χ0n) is 13.7. The van der Waals surface area contributed by atoms with Crippen LogP contribution in [-0.4, -0.2) is 36.2 Å². The van der Waals surface area contributed by atoms with Gasteiger partial charge in [0.05, 0.1) is 7.11 Å². The summed E-state index contributed by atoms with van der Waals surface area (Å²) >= 11 is 0. The summed E-state index contributed by atoms with van der Waals surface area (Å²) in [5.41, 5.74) is 0. The van der Waals surface area contributed by atoms with Gasteiger partial charge >= 0.3 is 11.9 Å². The van der Waals surface area contributed by atoms with E-state index in [1.54, 1.807) is 0 Å². The fourth-order valence-corrected chi connectivity index (χ4v) is 1.73. The van der Waals surface area contributed by atoms with Crippen LogP contribution in [-0.2, 0) is 14.3 Å². The van der Waals surface area contributed by atoms with Gasteiger partial charge in [-0.3, -0.25) is 0 Å². The third kappa shape index (κ3) is 9.15. The highest BCUT2D eigenvalue weighted by Crippen LogP contribution is 2.14. The van der Waals surface area contributed by atoms with E-state index in [0.29, 0.717) is 24.7 Å². The number of carbonyl (C=O) groups excluding carboxylic acids is 1. The fourth-order valence-electron chi connectivity index (χ4n) is 1.73. The number of esters is 1. The van der Waals surface area contributed by atoms with E-state index in [0.717, 1.165) is 12.8 Å². The Morgan fingerprint density at radius 3 is 1.71 bits per heavy atom. The third-order valence-corrected chi connectivity index (χ3v) is 3.14. The summed E-state index contributed by atoms with van der Waals surface area (Å²) in [6.45, 7) is 8.15. The van der Waals surface area contributed by atoms with Gasteiger partial charge in [0, 0.05) is 0 Å². The minimum atomic E-state index is -1.01. The lowest BCUT2D eigenvalue weighted by Crippen LogP contribution is -2.23. The highest BCUT2D eigenvalue weighted by atomic mass is 16.5. The van der Waals surface area contributed by atoms with Gasteiger partial charge in [0.15, 0.2) is 12.1 Å². The molecule has 0 bridgehead atoms. The van der Waals surface area contributed by atoms with Crippen molar-refractivity contribution in [3.8, 4) is 0 Å². The largest absolute Gasteiger partial charge is 0.480 e. The second-order valence-electron chi connectivity index (χ2n) is 6.07. The quantitative estimate of drug-likeness (QED) is 0.495. The lowest BCUT2D eigenvalue weighted by Gasteiger charge is -2.12. The molecule has 6 nitrogen and oxygen atoms in total. The Hall–Kier alpha value is -1.46. The van der Waals surface area contributed by atoms with E-state index in [9.17, 15) is 9.59 Å². The van der Waals surface area contributed by atoms with Gasteiger partial charge in [-0.1, -0.05) is 27.7 Å². The monoisotopic (exact) mass is 300 g/mol. The molecule has 0 aromatic rings. The minimum absolute atomic E-state index is 0.402. The summed E-state index contributed by atoms with van der Waals surface area (Å²) in [5, 5.41) is 16.9. The molecule has 0 radical (unpaired) electrons. The predicted octanol–water partition coefficient (Wildman–Crippen LogP) is 3.31. The Morgan fingerprint density at radius 1 is 0.905 bits per heavy atom. The SMILES string of the molecule is COC(=O)C(CCC(C)C)N=NC(CCC(C)C)C(=O)O. The van der Waals surface area contributed by atoms with E-state index in [2.05, 4.69) is 10.2 Å². The van der Waals surface area contributed by atoms with Gasteiger partial charge < -0.3 is 9.84 Å². The first kappa shape index (κ1) is 19.5. The molecule has 0 amide bonds. The minimum Gasteiger partial charge on any atom is -0.480 e. The van der Waals surface area contributed by atoms with Gasteiger partial charge in [-0.05, 0) is 37.5 Å². The van der Waals surface area contributed by atoms with E-state index in [4.69, 9.17) is 9.84 Å². The topological polar surface area (TPSA) is 88.3 Å². The van der Waals surface area contributed by atoms with Crippen molar-refractivity contribution in [3.05, 3.63) is 0 Å². The van der Waals surface area contributed by atoms with Crippen LogP contribution in [0.4, 0.5) is 0 Å². The first-order valence-electron chi connectivity index (χ1n) is 7.48. The molecule has 2 unspecified atom stereocenters. The van der Waals surface area contributed by atoms with E-state index < -0.39 is 24.0 Å². The number of carboxylic acid groups (broad SMARTS) is 1. The fraction of sp³-hybridized carbons (Fsp3) is 0.867. The van der Waals surface area contributed by atoms with Crippen LogP contribution in [0.25, 0.3) is 0 Å². The van der Waals surface area contributed by atoms with Gasteiger partial charge in [0.1, 0.15) is 0 Å². The number of carbonyl (C=O) groups is 2. The zero-order chi connectivity index (χ0) is 16.4. The molecule has 0 aliphatic rings. The number of methoxy groups -OCH3 is 1. The standard InChI is InChI=1S/C15H28N2O4/c1-10(2)6-8-12(14(18)19)16-17-13(15(20)21-5)9-7-11(3)4/h10-13H,6-9H2,1-5H3,(H,18,19). The Kier molecular flexibility index (Phi) is 9.58. The maximum Gasteiger partial charge on any atom is 0.332 e. The number of azo groups is 1. The number of carboxylic acids is 1. The number of nitrogens with zero attached hydrogens (tertiary/aromatic N) is 2. The maximum absolute atomic E-state index is 11.6. The lowest BCUT2D eigenvalue weighted by molar-refractivity contribution is -0.143. The number of rotatable bonds is 10. The van der Waals surface area contributed by atoms with Crippen molar-refractivity contribution in [1.29, 1.82) is 0 Å². The third-order valence-electron chi connectivity index (χ3n) is 3.14. The van der Waals surface area contributed by atoms with Crippen molar-refractivity contribution in [2.24, 2.45) is 22.1 Å². The van der Waals surface area contributed by atoms with Crippen LogP contribution >= 0.6 is 0 Å². The van der Waals surface area contributed by atoms with Crippen LogP contribution in [0.5, 0.6) is 0 Å². The van der Waals surface area contributed by atoms with Crippen LogP contribution in [0.15, 0.2) is 10.2 Å². The Labute approximate surface area is 127 Å². The van der Waals surface area contributed by atoms with E-state index in [-0.39, 0.29) is 0 Å². The summed E-state index contributed by atoms with van der Waals surface area (Å²) in [7, 11) is 1.30. The summed E-state index contributed by atoms with van der Waals surface area (Å²) in [4.78, 5) is 22.8. The zero-order valence-corrected chi connectivity index (χ0v) is 13.7. The molecular weight excluding hydrogens is 272 g/mol. The lowest BCUT2D eigenvalue weighted by atomic mass is 10.0. The van der Waals surface area contributed by atoms with Gasteiger partial charge in [0.2, 0.25) is 0 Å². The molecule has 6 heteroatoms. The van der Waals surface area contributed by atoms with E-state index in [1.807, 2.05) is 27.7 Å². The van der Waals surface area contributed by atoms with Crippen molar-refractivity contribution < 1.29 is 19.4 Å². The second kappa shape index (κ2) is 10.3. The molecule has 0 heterocycles. The van der Waals surface area contributed by atoms with E-state index >= 15 is 0 Å². The molecule has 122 valence electrons. The predicted molar refractivity (Wildman–Crippen MR) is 80.2 cm³/mol. The summed E-state index contributed by atoms with van der Waals surface area (Å²) < 4.78 is 4.70. The van der Waals surface area contributed by atoms with Crippen molar-refractivity contribution in [2.45, 2.75) is 65.5 Å². The van der Waals surface area contributed by atoms with E-state index in [1.165, 1.54) is 7.11 Å². The summed E-state index contributed by atoms with van der Waals surface area (Å²) in [5.74, 6) is -0.637. The Morgan fingerprint density at radius 2 is 1.33 bits per heavy atom. The van der Waals surface area contributed by atoms with Crippen molar-refractivity contribution in [1.82, 2.24) is 0 Å². The molecule has 0 saturated carbocycles. The summed E-state index contributed by atoms with van der Waals surface area (Å²) in [6, 6.07) is -1.60. The van der Waals surface area contributed by atoms with Crippen LogP contribution in [0.2, 0.25) is 0 Å². The molecule has 0 rings (SSSR count). The second-order valence-corrected chi connectivity index (χ2v) is 6.07. The van der Waals surface area contributed by atoms with Crippen LogP contribution < -0.4 is 0 Å². The Bertz CT molecular complexity index is 354. The molecule has 0 aliphatic carbocycles. The molecule has 0 spiro atoms. The molecule has 0 aromatic heterocycles. The van der Waals surface area contributed by atoms with Crippen molar-refractivity contribution >= 4 is 11.9 Å². The normalized spacial score (nSPS) is 14.6. The first-order chi connectivity index (χ1) is 9.77. The highest BCUT2D eigenvalue weighted by molar-refractivity contribution is 5.76. The maximum atomic E-state index is 11.6. The molecule has 0 fully saturated rings. The first-order valence-corrected chi connectivity index (χ1v) is 7.48. The van der Waals surface area contributed by atoms with Gasteiger partial charge in [-0.15, -0.1) is 0 Å². The molecule has 0 aromatic carbocycles. The number of hydrogen-bond acceptors (Lipinski definition) is 5.